The predicted molar refractivity (Wildman–Crippen MR) is 120 cm³/mol. The van der Waals surface area contributed by atoms with Gasteiger partial charge < -0.3 is 10.1 Å². The summed E-state index contributed by atoms with van der Waals surface area (Å²) in [5.74, 6) is -1.11. The van der Waals surface area contributed by atoms with E-state index in [1.165, 1.54) is 11.3 Å². The van der Waals surface area contributed by atoms with Crippen molar-refractivity contribution in [2.75, 3.05) is 11.9 Å². The van der Waals surface area contributed by atoms with Gasteiger partial charge in [0.05, 0.1) is 21.7 Å². The Labute approximate surface area is 186 Å². The van der Waals surface area contributed by atoms with Crippen molar-refractivity contribution in [1.82, 2.24) is 4.98 Å². The highest BCUT2D eigenvalue weighted by Gasteiger charge is 2.17. The first-order chi connectivity index (χ1) is 14.5. The maximum atomic E-state index is 12.8. The quantitative estimate of drug-likeness (QED) is 0.370. The predicted octanol–water partition coefficient (Wildman–Crippen LogP) is 6.07. The number of aromatic nitrogens is 1. The zero-order chi connectivity index (χ0) is 21.1. The second-order valence-corrected chi connectivity index (χ2v) is 8.15. The number of esters is 1. The van der Waals surface area contributed by atoms with E-state index in [2.05, 4.69) is 10.3 Å². The van der Waals surface area contributed by atoms with Gasteiger partial charge >= 0.3 is 5.97 Å². The van der Waals surface area contributed by atoms with Gasteiger partial charge in [-0.2, -0.15) is 0 Å². The fraction of sp³-hybridized carbons (Fsp3) is 0.0455. The number of amides is 1. The van der Waals surface area contributed by atoms with Crippen molar-refractivity contribution in [3.63, 3.8) is 0 Å². The molecule has 0 aliphatic rings. The summed E-state index contributed by atoms with van der Waals surface area (Å²) in [5, 5.41) is 5.98. The molecule has 0 saturated heterocycles. The molecule has 0 unspecified atom stereocenters. The topological polar surface area (TPSA) is 68.3 Å². The fourth-order valence-corrected chi connectivity index (χ4v) is 4.14. The van der Waals surface area contributed by atoms with E-state index < -0.39 is 18.5 Å². The Morgan fingerprint density at radius 1 is 1.00 bits per heavy atom. The van der Waals surface area contributed by atoms with Gasteiger partial charge in [-0.1, -0.05) is 47.5 Å². The maximum absolute atomic E-state index is 12.8. The Morgan fingerprint density at radius 2 is 1.77 bits per heavy atom. The third-order valence-electron chi connectivity index (χ3n) is 4.19. The van der Waals surface area contributed by atoms with Crippen molar-refractivity contribution in [1.29, 1.82) is 0 Å². The Balaban J connectivity index is 1.53. The molecule has 0 bridgehead atoms. The lowest BCUT2D eigenvalue weighted by Gasteiger charge is -2.10. The number of carbonyl (C=O) groups excluding carboxylic acids is 2. The van der Waals surface area contributed by atoms with Gasteiger partial charge in [-0.25, -0.2) is 9.78 Å². The standard InChI is InChI=1S/C22H14Cl2N2O3S/c23-13-8-14(24)10-15(9-13)25-21(27)12-29-22(28)17-11-19(20-6-3-7-30-20)26-18-5-2-1-4-16(17)18/h1-11H,12H2,(H,25,27). The number of hydrogen-bond acceptors (Lipinski definition) is 5. The SMILES string of the molecule is O=C(COC(=O)c1cc(-c2cccs2)nc2ccccc12)Nc1cc(Cl)cc(Cl)c1. The number of hydrogen-bond donors (Lipinski definition) is 1. The van der Waals surface area contributed by atoms with E-state index >= 15 is 0 Å². The lowest BCUT2D eigenvalue weighted by molar-refractivity contribution is -0.119. The second kappa shape index (κ2) is 8.83. The first-order valence-corrected chi connectivity index (χ1v) is 10.5. The summed E-state index contributed by atoms with van der Waals surface area (Å²) in [6, 6.07) is 17.5. The van der Waals surface area contributed by atoms with Gasteiger partial charge in [-0.3, -0.25) is 4.79 Å². The number of para-hydroxylation sites is 1. The molecule has 8 heteroatoms. The molecule has 1 N–H and O–H groups in total. The van der Waals surface area contributed by atoms with Crippen LogP contribution in [0.25, 0.3) is 21.5 Å². The van der Waals surface area contributed by atoms with Crippen molar-refractivity contribution in [3.8, 4) is 10.6 Å². The van der Waals surface area contributed by atoms with Crippen LogP contribution >= 0.6 is 34.5 Å². The maximum Gasteiger partial charge on any atom is 0.339 e. The number of ether oxygens (including phenoxy) is 1. The molecule has 2 aromatic heterocycles. The molecule has 150 valence electrons. The smallest absolute Gasteiger partial charge is 0.339 e. The number of rotatable bonds is 5. The highest BCUT2D eigenvalue weighted by Crippen LogP contribution is 2.28. The van der Waals surface area contributed by atoms with Gasteiger partial charge in [-0.15, -0.1) is 11.3 Å². The second-order valence-electron chi connectivity index (χ2n) is 6.33. The lowest BCUT2D eigenvalue weighted by atomic mass is 10.1. The Morgan fingerprint density at radius 3 is 2.50 bits per heavy atom. The molecule has 2 aromatic carbocycles. The summed E-state index contributed by atoms with van der Waals surface area (Å²) < 4.78 is 5.26. The molecule has 0 aliphatic carbocycles. The molecule has 4 aromatic rings. The van der Waals surface area contributed by atoms with Gasteiger partial charge in [0.2, 0.25) is 0 Å². The van der Waals surface area contributed by atoms with E-state index in [9.17, 15) is 9.59 Å². The minimum atomic E-state index is -0.606. The van der Waals surface area contributed by atoms with Crippen molar-refractivity contribution in [2.24, 2.45) is 0 Å². The monoisotopic (exact) mass is 456 g/mol. The Hall–Kier alpha value is -2.93. The van der Waals surface area contributed by atoms with Crippen LogP contribution in [0.15, 0.2) is 66.0 Å². The highest BCUT2D eigenvalue weighted by atomic mass is 35.5. The normalized spacial score (nSPS) is 10.7. The van der Waals surface area contributed by atoms with E-state index in [4.69, 9.17) is 27.9 Å². The van der Waals surface area contributed by atoms with E-state index in [1.807, 2.05) is 35.7 Å². The largest absolute Gasteiger partial charge is 0.452 e. The fourth-order valence-electron chi connectivity index (χ4n) is 2.93. The molecule has 2 heterocycles. The molecule has 30 heavy (non-hydrogen) atoms. The number of nitrogens with one attached hydrogen (secondary N) is 1. The van der Waals surface area contributed by atoms with Crippen LogP contribution in [-0.2, 0) is 9.53 Å². The number of pyridine rings is 1. The zero-order valence-corrected chi connectivity index (χ0v) is 17.7. The molecule has 0 fully saturated rings. The molecule has 0 aliphatic heterocycles. The lowest BCUT2D eigenvalue weighted by Crippen LogP contribution is -2.21. The molecule has 0 radical (unpaired) electrons. The number of benzene rings is 2. The average molecular weight is 457 g/mol. The van der Waals surface area contributed by atoms with Gasteiger partial charge in [0.15, 0.2) is 6.61 Å². The number of anilines is 1. The average Bonchev–Trinajstić information content (AvgIpc) is 3.25. The van der Waals surface area contributed by atoms with Crippen LogP contribution in [0.2, 0.25) is 10.0 Å². The van der Waals surface area contributed by atoms with Crippen LogP contribution in [-0.4, -0.2) is 23.5 Å². The van der Waals surface area contributed by atoms with E-state index in [-0.39, 0.29) is 0 Å². The number of fused-ring (bicyclic) bond motifs is 1. The third kappa shape index (κ3) is 4.62. The summed E-state index contributed by atoms with van der Waals surface area (Å²) >= 11 is 13.4. The van der Waals surface area contributed by atoms with E-state index in [0.717, 1.165) is 4.88 Å². The first kappa shape index (κ1) is 20.3. The van der Waals surface area contributed by atoms with Gasteiger partial charge in [0, 0.05) is 21.1 Å². The summed E-state index contributed by atoms with van der Waals surface area (Å²) in [7, 11) is 0. The van der Waals surface area contributed by atoms with Crippen LogP contribution in [0.5, 0.6) is 0 Å². The molecule has 5 nitrogen and oxygen atoms in total. The van der Waals surface area contributed by atoms with Gasteiger partial charge in [0.1, 0.15) is 0 Å². The van der Waals surface area contributed by atoms with Crippen LogP contribution in [0.1, 0.15) is 10.4 Å². The van der Waals surface area contributed by atoms with E-state index in [1.54, 1.807) is 30.3 Å². The molecule has 0 saturated carbocycles. The summed E-state index contributed by atoms with van der Waals surface area (Å²) in [5.41, 5.74) is 2.12. The molecule has 0 atom stereocenters. The number of nitrogens with zero attached hydrogens (tertiary/aromatic N) is 1. The van der Waals surface area contributed by atoms with Crippen molar-refractivity contribution in [2.45, 2.75) is 0 Å². The van der Waals surface area contributed by atoms with Gasteiger partial charge in [-0.05, 0) is 41.8 Å². The van der Waals surface area contributed by atoms with Crippen molar-refractivity contribution < 1.29 is 14.3 Å². The van der Waals surface area contributed by atoms with Gasteiger partial charge in [0.25, 0.3) is 5.91 Å². The van der Waals surface area contributed by atoms with Crippen molar-refractivity contribution >= 4 is 63.0 Å². The van der Waals surface area contributed by atoms with Crippen LogP contribution in [0, 0.1) is 0 Å². The summed E-state index contributed by atoms with van der Waals surface area (Å²) in [4.78, 5) is 30.5. The highest BCUT2D eigenvalue weighted by molar-refractivity contribution is 7.13. The molecular formula is C22H14Cl2N2O3S. The summed E-state index contributed by atoms with van der Waals surface area (Å²) in [6.45, 7) is -0.450. The minimum absolute atomic E-state index is 0.350. The van der Waals surface area contributed by atoms with Crippen LogP contribution in [0.4, 0.5) is 5.69 Å². The zero-order valence-electron chi connectivity index (χ0n) is 15.4. The van der Waals surface area contributed by atoms with Crippen LogP contribution < -0.4 is 5.32 Å². The van der Waals surface area contributed by atoms with Crippen LogP contribution in [0.3, 0.4) is 0 Å². The Bertz CT molecular complexity index is 1220. The Kier molecular flexibility index (Phi) is 5.99. The molecule has 1 amide bonds. The first-order valence-electron chi connectivity index (χ1n) is 8.86. The minimum Gasteiger partial charge on any atom is -0.452 e. The molecule has 0 spiro atoms. The summed E-state index contributed by atoms with van der Waals surface area (Å²) in [6.07, 6.45) is 0. The number of thiophene rings is 1. The van der Waals surface area contributed by atoms with Crippen molar-refractivity contribution in [3.05, 3.63) is 81.7 Å². The number of halogens is 2. The van der Waals surface area contributed by atoms with E-state index in [0.29, 0.717) is 37.9 Å². The third-order valence-corrected chi connectivity index (χ3v) is 5.52. The number of carbonyl (C=O) groups is 2. The molecular weight excluding hydrogens is 443 g/mol. The molecule has 4 rings (SSSR count).